The number of hydrogen-bond acceptors (Lipinski definition) is 1. The molecule has 1 nitrogen and oxygen atoms in total. The van der Waals surface area contributed by atoms with Crippen LogP contribution in [0, 0.1) is 0 Å². The molecule has 0 unspecified atom stereocenters. The van der Waals surface area contributed by atoms with Gasteiger partial charge >= 0.3 is 0 Å². The van der Waals surface area contributed by atoms with Crippen LogP contribution in [0.1, 0.15) is 24.8 Å². The lowest BCUT2D eigenvalue weighted by Gasteiger charge is -2.41. The van der Waals surface area contributed by atoms with E-state index in [2.05, 4.69) is 39.4 Å². The third-order valence-corrected chi connectivity index (χ3v) is 4.46. The molecule has 1 aromatic rings. The Kier molecular flexibility index (Phi) is 3.70. The predicted octanol–water partition coefficient (Wildman–Crippen LogP) is 3.70. The fraction of sp³-hybridized carbons (Fsp3) is 0.500. The van der Waals surface area contributed by atoms with Crippen LogP contribution in [0.25, 0.3) is 0 Å². The van der Waals surface area contributed by atoms with E-state index in [1.807, 2.05) is 6.07 Å². The Morgan fingerprint density at radius 3 is 2.60 bits per heavy atom. The highest BCUT2D eigenvalue weighted by Gasteiger charge is 2.35. The van der Waals surface area contributed by atoms with Gasteiger partial charge in [-0.2, -0.15) is 0 Å². The average Bonchev–Trinajstić information content (AvgIpc) is 2.19. The summed E-state index contributed by atoms with van der Waals surface area (Å²) in [7, 11) is 0. The van der Waals surface area contributed by atoms with Crippen LogP contribution in [0.3, 0.4) is 0 Å². The Bertz CT molecular complexity index is 331. The zero-order valence-electron chi connectivity index (χ0n) is 8.60. The maximum Gasteiger partial charge on any atom is 0.0406 e. The van der Waals surface area contributed by atoms with Crippen molar-refractivity contribution in [3.8, 4) is 0 Å². The third-order valence-electron chi connectivity index (χ3n) is 3.18. The number of benzene rings is 1. The van der Waals surface area contributed by atoms with Crippen molar-refractivity contribution >= 4 is 27.5 Å². The minimum atomic E-state index is 0.205. The number of alkyl halides is 1. The van der Waals surface area contributed by atoms with Crippen molar-refractivity contribution in [1.29, 1.82) is 0 Å². The van der Waals surface area contributed by atoms with E-state index in [1.54, 1.807) is 0 Å². The van der Waals surface area contributed by atoms with Crippen molar-refractivity contribution in [3.05, 3.63) is 34.3 Å². The molecular weight excluding hydrogens is 273 g/mol. The molecule has 2 rings (SSSR count). The maximum absolute atomic E-state index is 5.99. The lowest BCUT2D eigenvalue weighted by Crippen LogP contribution is -2.52. The molecule has 0 saturated heterocycles. The fourth-order valence-electron chi connectivity index (χ4n) is 1.89. The summed E-state index contributed by atoms with van der Waals surface area (Å²) in [6, 6.07) is 8.31. The van der Waals surface area contributed by atoms with E-state index in [0.29, 0.717) is 0 Å². The van der Waals surface area contributed by atoms with Gasteiger partial charge in [0.05, 0.1) is 0 Å². The van der Waals surface area contributed by atoms with Crippen LogP contribution in [0.5, 0.6) is 0 Å². The molecule has 0 aliphatic heterocycles. The van der Waals surface area contributed by atoms with Crippen LogP contribution in [0.15, 0.2) is 28.7 Å². The minimum Gasteiger partial charge on any atom is -0.306 e. The zero-order valence-corrected chi connectivity index (χ0v) is 10.9. The van der Waals surface area contributed by atoms with Gasteiger partial charge in [-0.05, 0) is 30.9 Å². The van der Waals surface area contributed by atoms with E-state index >= 15 is 0 Å². The molecule has 0 radical (unpaired) electrons. The average molecular weight is 289 g/mol. The van der Waals surface area contributed by atoms with Gasteiger partial charge in [-0.3, -0.25) is 0 Å². The van der Waals surface area contributed by atoms with E-state index in [0.717, 1.165) is 12.4 Å². The van der Waals surface area contributed by atoms with Crippen molar-refractivity contribution in [2.75, 3.05) is 5.88 Å². The van der Waals surface area contributed by atoms with Gasteiger partial charge in [0.1, 0.15) is 0 Å². The quantitative estimate of drug-likeness (QED) is 0.833. The molecule has 0 heterocycles. The van der Waals surface area contributed by atoms with Crippen LogP contribution in [-0.4, -0.2) is 11.4 Å². The van der Waals surface area contributed by atoms with E-state index in [9.17, 15) is 0 Å². The molecule has 1 aromatic carbocycles. The van der Waals surface area contributed by atoms with Crippen LogP contribution >= 0.6 is 27.5 Å². The highest BCUT2D eigenvalue weighted by molar-refractivity contribution is 9.10. The molecule has 82 valence electrons. The Labute approximate surface area is 104 Å². The molecule has 1 saturated carbocycles. The van der Waals surface area contributed by atoms with Crippen molar-refractivity contribution in [2.24, 2.45) is 0 Å². The van der Waals surface area contributed by atoms with E-state index < -0.39 is 0 Å². The molecule has 0 atom stereocenters. The Hall–Kier alpha value is -0.0500. The fourth-order valence-corrected chi connectivity index (χ4v) is 2.67. The molecule has 3 heteroatoms. The summed E-state index contributed by atoms with van der Waals surface area (Å²) < 4.78 is 1.17. The standard InChI is InChI=1S/C12H15BrClN/c13-11-5-2-1-4-10(11)8-15-12(9-14)6-3-7-12/h1-2,4-5,15H,3,6-9H2. The first-order chi connectivity index (χ1) is 7.26. The number of hydrogen-bond donors (Lipinski definition) is 1. The SMILES string of the molecule is ClCC1(NCc2ccccc2Br)CCC1. The van der Waals surface area contributed by atoms with Gasteiger partial charge in [0, 0.05) is 22.4 Å². The minimum absolute atomic E-state index is 0.205. The second-order valence-corrected chi connectivity index (χ2v) is 5.33. The van der Waals surface area contributed by atoms with Crippen molar-refractivity contribution in [2.45, 2.75) is 31.3 Å². The second-order valence-electron chi connectivity index (χ2n) is 4.21. The molecule has 1 N–H and O–H groups in total. The maximum atomic E-state index is 5.99. The van der Waals surface area contributed by atoms with Gasteiger partial charge in [0.25, 0.3) is 0 Å². The molecule has 0 spiro atoms. The van der Waals surface area contributed by atoms with Crippen molar-refractivity contribution < 1.29 is 0 Å². The van der Waals surface area contributed by atoms with Gasteiger partial charge < -0.3 is 5.32 Å². The molecule has 1 fully saturated rings. The Balaban J connectivity index is 1.95. The lowest BCUT2D eigenvalue weighted by atomic mass is 9.78. The third kappa shape index (κ3) is 2.55. The predicted molar refractivity (Wildman–Crippen MR) is 68.3 cm³/mol. The van der Waals surface area contributed by atoms with Crippen LogP contribution in [0.2, 0.25) is 0 Å². The molecular formula is C12H15BrClN. The molecule has 0 bridgehead atoms. The van der Waals surface area contributed by atoms with Gasteiger partial charge in [-0.15, -0.1) is 11.6 Å². The van der Waals surface area contributed by atoms with E-state index in [-0.39, 0.29) is 5.54 Å². The molecule has 1 aliphatic carbocycles. The summed E-state index contributed by atoms with van der Waals surface area (Å²) >= 11 is 9.54. The first-order valence-electron chi connectivity index (χ1n) is 5.30. The van der Waals surface area contributed by atoms with Crippen LogP contribution < -0.4 is 5.32 Å². The number of halogens is 2. The van der Waals surface area contributed by atoms with E-state index in [4.69, 9.17) is 11.6 Å². The highest BCUT2D eigenvalue weighted by atomic mass is 79.9. The first kappa shape index (κ1) is 11.4. The number of rotatable bonds is 4. The van der Waals surface area contributed by atoms with Gasteiger partial charge in [-0.25, -0.2) is 0 Å². The van der Waals surface area contributed by atoms with Crippen LogP contribution in [-0.2, 0) is 6.54 Å². The monoisotopic (exact) mass is 287 g/mol. The summed E-state index contributed by atoms with van der Waals surface area (Å²) in [6.45, 7) is 0.897. The van der Waals surface area contributed by atoms with Gasteiger partial charge in [0.15, 0.2) is 0 Å². The topological polar surface area (TPSA) is 12.0 Å². The lowest BCUT2D eigenvalue weighted by molar-refractivity contribution is 0.211. The van der Waals surface area contributed by atoms with E-state index in [1.165, 1.54) is 29.3 Å². The number of nitrogens with one attached hydrogen (secondary N) is 1. The smallest absolute Gasteiger partial charge is 0.0406 e. The molecule has 0 aromatic heterocycles. The summed E-state index contributed by atoms with van der Waals surface area (Å²) in [5.41, 5.74) is 1.51. The normalized spacial score (nSPS) is 18.5. The molecule has 15 heavy (non-hydrogen) atoms. The second kappa shape index (κ2) is 4.86. The molecule has 0 amide bonds. The Morgan fingerprint density at radius 2 is 2.07 bits per heavy atom. The molecule has 1 aliphatic rings. The van der Waals surface area contributed by atoms with Gasteiger partial charge in [-0.1, -0.05) is 34.1 Å². The Morgan fingerprint density at radius 1 is 1.33 bits per heavy atom. The zero-order chi connectivity index (χ0) is 10.7. The largest absolute Gasteiger partial charge is 0.306 e. The van der Waals surface area contributed by atoms with Crippen molar-refractivity contribution in [1.82, 2.24) is 5.32 Å². The highest BCUT2D eigenvalue weighted by Crippen LogP contribution is 2.33. The van der Waals surface area contributed by atoms with Gasteiger partial charge in [0.2, 0.25) is 0 Å². The summed E-state index contributed by atoms with van der Waals surface area (Å²) in [6.07, 6.45) is 3.72. The summed E-state index contributed by atoms with van der Waals surface area (Å²) in [4.78, 5) is 0. The summed E-state index contributed by atoms with van der Waals surface area (Å²) in [5, 5.41) is 3.58. The first-order valence-corrected chi connectivity index (χ1v) is 6.63. The summed E-state index contributed by atoms with van der Waals surface area (Å²) in [5.74, 6) is 0.720. The van der Waals surface area contributed by atoms with Crippen LogP contribution in [0.4, 0.5) is 0 Å². The van der Waals surface area contributed by atoms with Crippen molar-refractivity contribution in [3.63, 3.8) is 0 Å².